The molecule has 0 saturated carbocycles. The van der Waals surface area contributed by atoms with Crippen LogP contribution >= 0.6 is 0 Å². The molecule has 0 aliphatic heterocycles. The summed E-state index contributed by atoms with van der Waals surface area (Å²) in [5.41, 5.74) is 3.96. The summed E-state index contributed by atoms with van der Waals surface area (Å²) >= 11 is 0. The van der Waals surface area contributed by atoms with Crippen LogP contribution in [-0.2, 0) is 11.3 Å². The summed E-state index contributed by atoms with van der Waals surface area (Å²) in [7, 11) is 0. The molecule has 1 aromatic carbocycles. The van der Waals surface area contributed by atoms with Gasteiger partial charge in [-0.05, 0) is 30.7 Å². The number of hydrogen-bond acceptors (Lipinski definition) is 4. The zero-order valence-electron chi connectivity index (χ0n) is 15.9. The number of anilines is 1. The fourth-order valence-electron chi connectivity index (χ4n) is 3.02. The fourth-order valence-corrected chi connectivity index (χ4v) is 3.02. The van der Waals surface area contributed by atoms with Gasteiger partial charge in [0.1, 0.15) is 0 Å². The van der Waals surface area contributed by atoms with Crippen molar-refractivity contribution in [1.29, 1.82) is 0 Å². The molecule has 0 aliphatic rings. The van der Waals surface area contributed by atoms with Crippen LogP contribution in [0.3, 0.4) is 0 Å². The van der Waals surface area contributed by atoms with E-state index in [-0.39, 0.29) is 18.1 Å². The Morgan fingerprint density at radius 2 is 2.00 bits per heavy atom. The topological polar surface area (TPSA) is 93.3 Å². The van der Waals surface area contributed by atoms with Gasteiger partial charge >= 0.3 is 0 Å². The molecule has 8 heteroatoms. The van der Waals surface area contributed by atoms with Crippen LogP contribution < -0.4 is 10.6 Å². The second-order valence-electron chi connectivity index (χ2n) is 6.75. The van der Waals surface area contributed by atoms with E-state index in [9.17, 15) is 9.59 Å². The number of nitrogens with zero attached hydrogens (tertiary/aromatic N) is 4. The first kappa shape index (κ1) is 18.4. The Morgan fingerprint density at radius 1 is 1.10 bits per heavy atom. The van der Waals surface area contributed by atoms with Crippen LogP contribution in [0.5, 0.6) is 0 Å². The number of nitrogens with one attached hydrogen (secondary N) is 2. The van der Waals surface area contributed by atoms with E-state index in [0.717, 1.165) is 11.1 Å². The lowest BCUT2D eigenvalue weighted by Gasteiger charge is -2.04. The summed E-state index contributed by atoms with van der Waals surface area (Å²) in [4.78, 5) is 24.4. The Morgan fingerprint density at radius 3 is 2.83 bits per heavy atom. The lowest BCUT2D eigenvalue weighted by Crippen LogP contribution is -2.33. The molecule has 29 heavy (non-hydrogen) atoms. The van der Waals surface area contributed by atoms with Gasteiger partial charge in [-0.2, -0.15) is 10.2 Å². The van der Waals surface area contributed by atoms with Crippen molar-refractivity contribution in [3.63, 3.8) is 0 Å². The first-order valence-electron chi connectivity index (χ1n) is 9.17. The minimum Gasteiger partial charge on any atom is -0.342 e. The maximum absolute atomic E-state index is 12.2. The van der Waals surface area contributed by atoms with Gasteiger partial charge in [-0.1, -0.05) is 35.9 Å². The van der Waals surface area contributed by atoms with Crippen molar-refractivity contribution in [3.8, 4) is 0 Å². The second kappa shape index (κ2) is 7.97. The summed E-state index contributed by atoms with van der Waals surface area (Å²) in [5.74, 6) is -0.740. The summed E-state index contributed by atoms with van der Waals surface area (Å²) < 4.78 is 3.36. The van der Waals surface area contributed by atoms with Crippen LogP contribution in [0.15, 0.2) is 67.1 Å². The molecule has 0 bridgehead atoms. The van der Waals surface area contributed by atoms with Gasteiger partial charge in [-0.3, -0.25) is 14.3 Å². The quantitative estimate of drug-likeness (QED) is 0.530. The van der Waals surface area contributed by atoms with Gasteiger partial charge in [-0.15, -0.1) is 0 Å². The van der Waals surface area contributed by atoms with Crippen LogP contribution in [0.4, 0.5) is 5.69 Å². The van der Waals surface area contributed by atoms with Crippen molar-refractivity contribution in [1.82, 2.24) is 24.7 Å². The summed E-state index contributed by atoms with van der Waals surface area (Å²) in [6, 6.07) is 15.4. The van der Waals surface area contributed by atoms with Crippen molar-refractivity contribution in [2.24, 2.45) is 0 Å². The third-order valence-corrected chi connectivity index (χ3v) is 4.36. The number of hydrogen-bond donors (Lipinski definition) is 2. The molecule has 0 spiro atoms. The van der Waals surface area contributed by atoms with Crippen LogP contribution in [-0.4, -0.2) is 37.8 Å². The average molecular weight is 388 g/mol. The number of aryl methyl sites for hydroxylation is 1. The van der Waals surface area contributed by atoms with Gasteiger partial charge in [0.15, 0.2) is 5.69 Å². The molecule has 4 aromatic rings. The number of aromatic nitrogens is 4. The van der Waals surface area contributed by atoms with E-state index in [4.69, 9.17) is 0 Å². The number of rotatable bonds is 6. The van der Waals surface area contributed by atoms with Gasteiger partial charge < -0.3 is 10.6 Å². The first-order chi connectivity index (χ1) is 14.1. The van der Waals surface area contributed by atoms with E-state index in [1.54, 1.807) is 33.9 Å². The molecule has 2 N–H and O–H groups in total. The van der Waals surface area contributed by atoms with Crippen LogP contribution in [0.1, 0.15) is 21.6 Å². The molecule has 0 atom stereocenters. The molecular formula is C21H20N6O2. The maximum atomic E-state index is 12.2. The minimum atomic E-state index is -0.404. The van der Waals surface area contributed by atoms with Crippen LogP contribution in [0, 0.1) is 6.92 Å². The van der Waals surface area contributed by atoms with E-state index < -0.39 is 5.91 Å². The van der Waals surface area contributed by atoms with Crippen LogP contribution in [0.2, 0.25) is 0 Å². The SMILES string of the molecule is Cc1cccc(Cn2cc(NC(=O)CNC(=O)c3cc4ccccn4n3)cn2)c1. The Balaban J connectivity index is 1.30. The van der Waals surface area contributed by atoms with E-state index in [0.29, 0.717) is 12.2 Å². The van der Waals surface area contributed by atoms with Crippen molar-refractivity contribution < 1.29 is 9.59 Å². The molecule has 4 rings (SSSR count). The van der Waals surface area contributed by atoms with Crippen molar-refractivity contribution in [2.45, 2.75) is 13.5 Å². The third-order valence-electron chi connectivity index (χ3n) is 4.36. The lowest BCUT2D eigenvalue weighted by molar-refractivity contribution is -0.115. The van der Waals surface area contributed by atoms with E-state index >= 15 is 0 Å². The molecule has 0 unspecified atom stereocenters. The number of pyridine rings is 1. The predicted octanol–water partition coefficient (Wildman–Crippen LogP) is 2.26. The zero-order valence-corrected chi connectivity index (χ0v) is 15.9. The predicted molar refractivity (Wildman–Crippen MR) is 109 cm³/mol. The highest BCUT2D eigenvalue weighted by Crippen LogP contribution is 2.10. The van der Waals surface area contributed by atoms with E-state index in [1.165, 1.54) is 5.56 Å². The highest BCUT2D eigenvalue weighted by molar-refractivity contribution is 5.98. The largest absolute Gasteiger partial charge is 0.342 e. The van der Waals surface area contributed by atoms with Gasteiger partial charge in [0.2, 0.25) is 5.91 Å². The smallest absolute Gasteiger partial charge is 0.272 e. The molecular weight excluding hydrogens is 368 g/mol. The summed E-state index contributed by atoms with van der Waals surface area (Å²) in [6.45, 7) is 2.50. The zero-order chi connectivity index (χ0) is 20.2. The summed E-state index contributed by atoms with van der Waals surface area (Å²) in [6.07, 6.45) is 5.09. The molecule has 0 aliphatic carbocycles. The second-order valence-corrected chi connectivity index (χ2v) is 6.75. The summed E-state index contributed by atoms with van der Waals surface area (Å²) in [5, 5.41) is 13.8. The molecule has 3 aromatic heterocycles. The Kier molecular flexibility index (Phi) is 5.07. The van der Waals surface area contributed by atoms with Crippen molar-refractivity contribution >= 4 is 23.0 Å². The fraction of sp³-hybridized carbons (Fsp3) is 0.143. The maximum Gasteiger partial charge on any atom is 0.272 e. The number of fused-ring (bicyclic) bond motifs is 1. The highest BCUT2D eigenvalue weighted by atomic mass is 16.2. The van der Waals surface area contributed by atoms with Gasteiger partial charge in [0.05, 0.1) is 30.5 Å². The highest BCUT2D eigenvalue weighted by Gasteiger charge is 2.12. The number of benzene rings is 1. The number of carbonyl (C=O) groups excluding carboxylic acids is 2. The molecule has 0 fully saturated rings. The molecule has 3 heterocycles. The number of carbonyl (C=O) groups is 2. The average Bonchev–Trinajstić information content (AvgIpc) is 3.33. The normalized spacial score (nSPS) is 10.8. The first-order valence-corrected chi connectivity index (χ1v) is 9.17. The van der Waals surface area contributed by atoms with Gasteiger partial charge in [-0.25, -0.2) is 4.52 Å². The lowest BCUT2D eigenvalue weighted by atomic mass is 10.1. The molecule has 2 amide bonds. The molecule has 0 radical (unpaired) electrons. The molecule has 146 valence electrons. The number of amides is 2. The standard InChI is InChI=1S/C21H20N6O2/c1-15-5-4-6-16(9-15)13-26-14-17(11-23-26)24-20(28)12-22-21(29)19-10-18-7-2-3-8-27(18)25-19/h2-11,14H,12-13H2,1H3,(H,22,29)(H,24,28). The monoisotopic (exact) mass is 388 g/mol. The van der Waals surface area contributed by atoms with E-state index in [2.05, 4.69) is 26.9 Å². The Hall–Kier alpha value is -3.94. The molecule has 8 nitrogen and oxygen atoms in total. The van der Waals surface area contributed by atoms with Gasteiger partial charge in [0.25, 0.3) is 5.91 Å². The third kappa shape index (κ3) is 4.49. The Bertz CT molecular complexity index is 1140. The van der Waals surface area contributed by atoms with Crippen LogP contribution in [0.25, 0.3) is 5.52 Å². The Labute approximate surface area is 167 Å². The van der Waals surface area contributed by atoms with E-state index in [1.807, 2.05) is 43.3 Å². The molecule has 0 saturated heterocycles. The van der Waals surface area contributed by atoms with Gasteiger partial charge in [0, 0.05) is 12.4 Å². The minimum absolute atomic E-state index is 0.157. The van der Waals surface area contributed by atoms with Crippen molar-refractivity contribution in [2.75, 3.05) is 11.9 Å². The van der Waals surface area contributed by atoms with Crippen molar-refractivity contribution in [3.05, 3.63) is 83.9 Å².